The monoisotopic (exact) mass is 242 g/mol. The van der Waals surface area contributed by atoms with Gasteiger partial charge in [0.25, 0.3) is 0 Å². The van der Waals surface area contributed by atoms with Gasteiger partial charge in [-0.2, -0.15) is 0 Å². The van der Waals surface area contributed by atoms with Gasteiger partial charge in [-0.05, 0) is 24.9 Å². The summed E-state index contributed by atoms with van der Waals surface area (Å²) in [6.45, 7) is 0.925. The number of nitrogens with two attached hydrogens (primary N) is 1. The molecule has 5 heteroatoms. The van der Waals surface area contributed by atoms with Crippen LogP contribution in [-0.2, 0) is 16.4 Å². The molecule has 3 N–H and O–H groups in total. The van der Waals surface area contributed by atoms with Crippen molar-refractivity contribution in [3.05, 3.63) is 35.9 Å². The molecule has 0 spiro atoms. The van der Waals surface area contributed by atoms with E-state index in [1.807, 2.05) is 30.3 Å². The minimum Gasteiger partial charge on any atom is -0.330 e. The van der Waals surface area contributed by atoms with Crippen molar-refractivity contribution in [2.45, 2.75) is 12.8 Å². The first-order chi connectivity index (χ1) is 7.64. The van der Waals surface area contributed by atoms with E-state index in [1.54, 1.807) is 0 Å². The van der Waals surface area contributed by atoms with Crippen molar-refractivity contribution in [1.29, 1.82) is 0 Å². The van der Waals surface area contributed by atoms with E-state index < -0.39 is 10.0 Å². The van der Waals surface area contributed by atoms with Gasteiger partial charge in [-0.3, -0.25) is 0 Å². The minimum absolute atomic E-state index is 0.127. The zero-order valence-electron chi connectivity index (χ0n) is 9.22. The van der Waals surface area contributed by atoms with Crippen molar-refractivity contribution in [3.8, 4) is 0 Å². The Balaban J connectivity index is 2.36. The van der Waals surface area contributed by atoms with Crippen molar-refractivity contribution in [1.82, 2.24) is 4.72 Å². The Morgan fingerprint density at radius 3 is 2.50 bits per heavy atom. The van der Waals surface area contributed by atoms with Crippen LogP contribution >= 0.6 is 0 Å². The first-order valence-electron chi connectivity index (χ1n) is 5.35. The first-order valence-corrected chi connectivity index (χ1v) is 7.00. The van der Waals surface area contributed by atoms with Crippen molar-refractivity contribution in [3.63, 3.8) is 0 Å². The predicted octanol–water partition coefficient (Wildman–Crippen LogP) is 0.497. The van der Waals surface area contributed by atoms with Crippen LogP contribution in [0.15, 0.2) is 30.3 Å². The highest BCUT2D eigenvalue weighted by Gasteiger charge is 2.08. The summed E-state index contributed by atoms with van der Waals surface area (Å²) in [5, 5.41) is 0. The maximum absolute atomic E-state index is 11.5. The number of aryl methyl sites for hydroxylation is 1. The molecular formula is C11H18N2O2S. The van der Waals surface area contributed by atoms with E-state index in [4.69, 9.17) is 5.73 Å². The van der Waals surface area contributed by atoms with Crippen molar-refractivity contribution in [2.24, 2.45) is 5.73 Å². The normalized spacial score (nSPS) is 11.6. The highest BCUT2D eigenvalue weighted by Crippen LogP contribution is 2.01. The molecule has 0 fully saturated rings. The van der Waals surface area contributed by atoms with Gasteiger partial charge < -0.3 is 5.73 Å². The molecule has 1 aromatic rings. The molecule has 0 bridgehead atoms. The number of sulfonamides is 1. The van der Waals surface area contributed by atoms with Crippen LogP contribution in [0, 0.1) is 0 Å². The quantitative estimate of drug-likeness (QED) is 0.684. The lowest BCUT2D eigenvalue weighted by molar-refractivity contribution is 0.579. The third-order valence-corrected chi connectivity index (χ3v) is 3.59. The maximum Gasteiger partial charge on any atom is 0.211 e. The molecule has 0 atom stereocenters. The fraction of sp³-hybridized carbons (Fsp3) is 0.455. The molecule has 0 aliphatic heterocycles. The van der Waals surface area contributed by atoms with E-state index >= 15 is 0 Å². The van der Waals surface area contributed by atoms with Crippen molar-refractivity contribution in [2.75, 3.05) is 18.8 Å². The first kappa shape index (κ1) is 13.2. The van der Waals surface area contributed by atoms with Crippen LogP contribution in [0.1, 0.15) is 12.0 Å². The number of nitrogens with one attached hydrogen (secondary N) is 1. The number of hydrogen-bond donors (Lipinski definition) is 2. The van der Waals surface area contributed by atoms with Crippen LogP contribution in [-0.4, -0.2) is 27.3 Å². The van der Waals surface area contributed by atoms with Gasteiger partial charge in [0.05, 0.1) is 5.75 Å². The van der Waals surface area contributed by atoms with E-state index in [1.165, 1.54) is 0 Å². The third kappa shape index (κ3) is 5.25. The molecule has 1 rings (SSSR count). The van der Waals surface area contributed by atoms with E-state index in [9.17, 15) is 8.42 Å². The summed E-state index contributed by atoms with van der Waals surface area (Å²) in [7, 11) is -3.16. The fourth-order valence-corrected chi connectivity index (χ4v) is 2.40. The Kier molecular flexibility index (Phi) is 5.45. The SMILES string of the molecule is NCCCNS(=O)(=O)CCc1ccccc1. The van der Waals surface area contributed by atoms with E-state index in [-0.39, 0.29) is 5.75 Å². The molecule has 0 aliphatic rings. The van der Waals surface area contributed by atoms with Gasteiger partial charge in [-0.15, -0.1) is 0 Å². The second-order valence-electron chi connectivity index (χ2n) is 3.59. The smallest absolute Gasteiger partial charge is 0.211 e. The molecule has 0 radical (unpaired) electrons. The summed E-state index contributed by atoms with van der Waals surface area (Å²) in [6.07, 6.45) is 1.21. The fourth-order valence-electron chi connectivity index (χ4n) is 1.30. The van der Waals surface area contributed by atoms with E-state index in [0.717, 1.165) is 5.56 Å². The van der Waals surface area contributed by atoms with Gasteiger partial charge in [0.2, 0.25) is 10.0 Å². The van der Waals surface area contributed by atoms with Gasteiger partial charge >= 0.3 is 0 Å². The van der Waals surface area contributed by atoms with E-state index in [0.29, 0.717) is 25.9 Å². The molecule has 0 aromatic heterocycles. The van der Waals surface area contributed by atoms with Crippen molar-refractivity contribution >= 4 is 10.0 Å². The summed E-state index contributed by atoms with van der Waals surface area (Å²) in [5.41, 5.74) is 6.32. The van der Waals surface area contributed by atoms with Crippen LogP contribution in [0.5, 0.6) is 0 Å². The number of benzene rings is 1. The molecular weight excluding hydrogens is 224 g/mol. The average molecular weight is 242 g/mol. The molecule has 0 amide bonds. The molecule has 16 heavy (non-hydrogen) atoms. The second kappa shape index (κ2) is 6.62. The molecule has 1 aromatic carbocycles. The van der Waals surface area contributed by atoms with Gasteiger partial charge in [-0.25, -0.2) is 13.1 Å². The van der Waals surface area contributed by atoms with Gasteiger partial charge in [0.1, 0.15) is 0 Å². The van der Waals surface area contributed by atoms with Crippen LogP contribution in [0.4, 0.5) is 0 Å². The van der Waals surface area contributed by atoms with Gasteiger partial charge in [0, 0.05) is 6.54 Å². The molecule has 0 aliphatic carbocycles. The second-order valence-corrected chi connectivity index (χ2v) is 5.52. The number of rotatable bonds is 7. The summed E-state index contributed by atoms with van der Waals surface area (Å²) in [5.74, 6) is 0.127. The molecule has 4 nitrogen and oxygen atoms in total. The third-order valence-electron chi connectivity index (χ3n) is 2.21. The lowest BCUT2D eigenvalue weighted by Gasteiger charge is -2.05. The van der Waals surface area contributed by atoms with Crippen molar-refractivity contribution < 1.29 is 8.42 Å². The lowest BCUT2D eigenvalue weighted by atomic mass is 10.2. The van der Waals surface area contributed by atoms with Crippen LogP contribution < -0.4 is 10.5 Å². The minimum atomic E-state index is -3.16. The van der Waals surface area contributed by atoms with Crippen LogP contribution in [0.25, 0.3) is 0 Å². The Bertz CT molecular complexity index is 390. The average Bonchev–Trinajstić information content (AvgIpc) is 2.28. The van der Waals surface area contributed by atoms with Gasteiger partial charge in [0.15, 0.2) is 0 Å². The highest BCUT2D eigenvalue weighted by atomic mass is 32.2. The summed E-state index contributed by atoms with van der Waals surface area (Å²) in [6, 6.07) is 9.58. The Hall–Kier alpha value is -0.910. The highest BCUT2D eigenvalue weighted by molar-refractivity contribution is 7.89. The topological polar surface area (TPSA) is 72.2 Å². The maximum atomic E-state index is 11.5. The van der Waals surface area contributed by atoms with E-state index in [2.05, 4.69) is 4.72 Å². The molecule has 0 unspecified atom stereocenters. The van der Waals surface area contributed by atoms with Crippen LogP contribution in [0.2, 0.25) is 0 Å². The molecule has 0 saturated carbocycles. The standard InChI is InChI=1S/C11H18N2O2S/c12-8-4-9-13-16(14,15)10-7-11-5-2-1-3-6-11/h1-3,5-6,13H,4,7-10,12H2. The lowest BCUT2D eigenvalue weighted by Crippen LogP contribution is -2.29. The Labute approximate surface area is 96.9 Å². The van der Waals surface area contributed by atoms with Crippen LogP contribution in [0.3, 0.4) is 0 Å². The Morgan fingerprint density at radius 1 is 1.19 bits per heavy atom. The Morgan fingerprint density at radius 2 is 1.88 bits per heavy atom. The number of hydrogen-bond acceptors (Lipinski definition) is 3. The molecule has 0 heterocycles. The zero-order valence-corrected chi connectivity index (χ0v) is 10.0. The molecule has 90 valence electrons. The molecule has 0 saturated heterocycles. The summed E-state index contributed by atoms with van der Waals surface area (Å²) >= 11 is 0. The summed E-state index contributed by atoms with van der Waals surface area (Å²) < 4.78 is 25.6. The predicted molar refractivity (Wildman–Crippen MR) is 65.6 cm³/mol. The zero-order chi connectivity index (χ0) is 11.9. The summed E-state index contributed by atoms with van der Waals surface area (Å²) in [4.78, 5) is 0. The largest absolute Gasteiger partial charge is 0.330 e. The van der Waals surface area contributed by atoms with Gasteiger partial charge in [-0.1, -0.05) is 30.3 Å².